The van der Waals surface area contributed by atoms with Crippen LogP contribution in [0.15, 0.2) is 18.3 Å². The standard InChI is InChI=1S/C16H23N3/c1-2-13-3-6-15(16(13)17-8-1)18-10-12-7-9-19(11-12)14-4-5-14/h1-2,8,12,14-15,18H,3-7,9-11H2. The highest BCUT2D eigenvalue weighted by atomic mass is 15.2. The monoisotopic (exact) mass is 257 g/mol. The Bertz CT molecular complexity index is 455. The molecule has 1 saturated heterocycles. The van der Waals surface area contributed by atoms with E-state index in [4.69, 9.17) is 0 Å². The second-order valence-electron chi connectivity index (χ2n) is 6.43. The van der Waals surface area contributed by atoms with Crippen LogP contribution in [0.5, 0.6) is 0 Å². The van der Waals surface area contributed by atoms with Gasteiger partial charge in [-0.2, -0.15) is 0 Å². The first-order valence-electron chi connectivity index (χ1n) is 7.81. The summed E-state index contributed by atoms with van der Waals surface area (Å²) in [5, 5.41) is 3.77. The van der Waals surface area contributed by atoms with Gasteiger partial charge < -0.3 is 10.2 Å². The number of nitrogens with zero attached hydrogens (tertiary/aromatic N) is 2. The summed E-state index contributed by atoms with van der Waals surface area (Å²) in [5.41, 5.74) is 2.76. The molecule has 1 aliphatic heterocycles. The molecule has 0 amide bonds. The van der Waals surface area contributed by atoms with E-state index in [9.17, 15) is 0 Å². The van der Waals surface area contributed by atoms with Crippen molar-refractivity contribution in [2.75, 3.05) is 19.6 Å². The molecular formula is C16H23N3. The van der Waals surface area contributed by atoms with Crippen LogP contribution in [0.1, 0.15) is 43.0 Å². The van der Waals surface area contributed by atoms with E-state index in [0.717, 1.165) is 12.0 Å². The van der Waals surface area contributed by atoms with E-state index in [1.807, 2.05) is 6.20 Å². The average molecular weight is 257 g/mol. The first-order valence-corrected chi connectivity index (χ1v) is 7.81. The first-order chi connectivity index (χ1) is 9.40. The Hall–Kier alpha value is -0.930. The van der Waals surface area contributed by atoms with Crippen molar-refractivity contribution in [3.63, 3.8) is 0 Å². The van der Waals surface area contributed by atoms with Crippen molar-refractivity contribution in [3.05, 3.63) is 29.6 Å². The van der Waals surface area contributed by atoms with Gasteiger partial charge in [0.2, 0.25) is 0 Å². The molecule has 3 aliphatic rings. The summed E-state index contributed by atoms with van der Waals surface area (Å²) >= 11 is 0. The maximum Gasteiger partial charge on any atom is 0.0605 e. The van der Waals surface area contributed by atoms with Gasteiger partial charge in [-0.15, -0.1) is 0 Å². The fourth-order valence-corrected chi connectivity index (χ4v) is 3.72. The number of aromatic nitrogens is 1. The van der Waals surface area contributed by atoms with Crippen molar-refractivity contribution < 1.29 is 0 Å². The molecule has 1 saturated carbocycles. The number of pyridine rings is 1. The molecule has 1 aromatic rings. The molecular weight excluding hydrogens is 234 g/mol. The number of likely N-dealkylation sites (tertiary alicyclic amines) is 1. The highest BCUT2D eigenvalue weighted by molar-refractivity contribution is 5.27. The molecule has 102 valence electrons. The van der Waals surface area contributed by atoms with Crippen LogP contribution in [0.2, 0.25) is 0 Å². The number of rotatable bonds is 4. The molecule has 2 fully saturated rings. The normalized spacial score (nSPS) is 30.7. The fraction of sp³-hybridized carbons (Fsp3) is 0.688. The quantitative estimate of drug-likeness (QED) is 0.896. The van der Waals surface area contributed by atoms with Crippen molar-refractivity contribution in [2.24, 2.45) is 5.92 Å². The average Bonchev–Trinajstić information content (AvgIpc) is 3.05. The Morgan fingerprint density at radius 2 is 2.21 bits per heavy atom. The predicted molar refractivity (Wildman–Crippen MR) is 76.0 cm³/mol. The van der Waals surface area contributed by atoms with E-state index in [2.05, 4.69) is 27.3 Å². The van der Waals surface area contributed by atoms with Crippen LogP contribution in [0.25, 0.3) is 0 Å². The second-order valence-corrected chi connectivity index (χ2v) is 6.43. The minimum absolute atomic E-state index is 0.506. The number of hydrogen-bond acceptors (Lipinski definition) is 3. The Balaban J connectivity index is 1.31. The van der Waals surface area contributed by atoms with Gasteiger partial charge in [-0.25, -0.2) is 0 Å². The molecule has 0 spiro atoms. The van der Waals surface area contributed by atoms with E-state index in [0.29, 0.717) is 6.04 Å². The lowest BCUT2D eigenvalue weighted by Crippen LogP contribution is -2.29. The lowest BCUT2D eigenvalue weighted by atomic mass is 10.1. The molecule has 2 atom stereocenters. The fourth-order valence-electron chi connectivity index (χ4n) is 3.72. The molecule has 2 aliphatic carbocycles. The lowest BCUT2D eigenvalue weighted by molar-refractivity contribution is 0.309. The van der Waals surface area contributed by atoms with Gasteiger partial charge in [0, 0.05) is 18.8 Å². The second kappa shape index (κ2) is 4.88. The number of aryl methyl sites for hydroxylation is 1. The molecule has 19 heavy (non-hydrogen) atoms. The highest BCUT2D eigenvalue weighted by Gasteiger charge is 2.34. The van der Waals surface area contributed by atoms with Gasteiger partial charge in [0.05, 0.1) is 11.7 Å². The topological polar surface area (TPSA) is 28.2 Å². The zero-order valence-corrected chi connectivity index (χ0v) is 11.5. The zero-order chi connectivity index (χ0) is 12.7. The van der Waals surface area contributed by atoms with Gasteiger partial charge in [0.1, 0.15) is 0 Å². The van der Waals surface area contributed by atoms with Gasteiger partial charge in [-0.3, -0.25) is 4.98 Å². The summed E-state index contributed by atoms with van der Waals surface area (Å²) in [6, 6.07) is 5.74. The maximum atomic E-state index is 4.57. The van der Waals surface area contributed by atoms with E-state index >= 15 is 0 Å². The third-order valence-electron chi connectivity index (χ3n) is 4.99. The predicted octanol–water partition coefficient (Wildman–Crippen LogP) is 2.14. The van der Waals surface area contributed by atoms with Crippen LogP contribution in [-0.4, -0.2) is 35.6 Å². The molecule has 0 aromatic carbocycles. The van der Waals surface area contributed by atoms with Gasteiger partial charge >= 0.3 is 0 Å². The molecule has 2 heterocycles. The maximum absolute atomic E-state index is 4.57. The zero-order valence-electron chi connectivity index (χ0n) is 11.5. The van der Waals surface area contributed by atoms with Gasteiger partial charge in [-0.1, -0.05) is 6.07 Å². The summed E-state index contributed by atoms with van der Waals surface area (Å²) in [4.78, 5) is 7.27. The minimum Gasteiger partial charge on any atom is -0.308 e. The number of nitrogens with one attached hydrogen (secondary N) is 1. The minimum atomic E-state index is 0.506. The van der Waals surface area contributed by atoms with Crippen LogP contribution in [0, 0.1) is 5.92 Å². The Morgan fingerprint density at radius 1 is 1.26 bits per heavy atom. The van der Waals surface area contributed by atoms with Crippen LogP contribution >= 0.6 is 0 Å². The van der Waals surface area contributed by atoms with Crippen LogP contribution in [0.4, 0.5) is 0 Å². The van der Waals surface area contributed by atoms with Crippen molar-refractivity contribution in [2.45, 2.75) is 44.2 Å². The number of hydrogen-bond donors (Lipinski definition) is 1. The summed E-state index contributed by atoms with van der Waals surface area (Å²) in [5.74, 6) is 0.855. The van der Waals surface area contributed by atoms with E-state index in [1.54, 1.807) is 0 Å². The van der Waals surface area contributed by atoms with Gasteiger partial charge in [0.25, 0.3) is 0 Å². The molecule has 1 N–H and O–H groups in total. The molecule has 4 rings (SSSR count). The molecule has 2 unspecified atom stereocenters. The van der Waals surface area contributed by atoms with E-state index in [1.165, 1.54) is 63.0 Å². The van der Waals surface area contributed by atoms with Crippen LogP contribution in [-0.2, 0) is 6.42 Å². The van der Waals surface area contributed by atoms with Crippen molar-refractivity contribution in [1.82, 2.24) is 15.2 Å². The van der Waals surface area contributed by atoms with Crippen LogP contribution in [0.3, 0.4) is 0 Å². The largest absolute Gasteiger partial charge is 0.308 e. The molecule has 3 nitrogen and oxygen atoms in total. The summed E-state index contributed by atoms with van der Waals surface area (Å²) in [6.45, 7) is 3.82. The first kappa shape index (κ1) is 11.9. The lowest BCUT2D eigenvalue weighted by Gasteiger charge is -2.18. The van der Waals surface area contributed by atoms with Crippen molar-refractivity contribution in [1.29, 1.82) is 0 Å². The Kier molecular flexibility index (Phi) is 3.04. The van der Waals surface area contributed by atoms with Crippen molar-refractivity contribution >= 4 is 0 Å². The third-order valence-corrected chi connectivity index (χ3v) is 4.99. The van der Waals surface area contributed by atoms with Gasteiger partial charge in [0.15, 0.2) is 0 Å². The molecule has 3 heteroatoms. The number of fused-ring (bicyclic) bond motifs is 1. The summed E-state index contributed by atoms with van der Waals surface area (Å²) in [7, 11) is 0. The molecule has 0 radical (unpaired) electrons. The van der Waals surface area contributed by atoms with E-state index in [-0.39, 0.29) is 0 Å². The molecule has 1 aromatic heterocycles. The Labute approximate surface area is 115 Å². The van der Waals surface area contributed by atoms with Gasteiger partial charge in [-0.05, 0) is 62.7 Å². The third kappa shape index (κ3) is 2.41. The van der Waals surface area contributed by atoms with Crippen LogP contribution < -0.4 is 5.32 Å². The summed E-state index contributed by atoms with van der Waals surface area (Å²) < 4.78 is 0. The molecule has 0 bridgehead atoms. The Morgan fingerprint density at radius 3 is 3.11 bits per heavy atom. The summed E-state index contributed by atoms with van der Waals surface area (Å²) in [6.07, 6.45) is 8.62. The van der Waals surface area contributed by atoms with Crippen molar-refractivity contribution in [3.8, 4) is 0 Å². The highest BCUT2D eigenvalue weighted by Crippen LogP contribution is 2.32. The SMILES string of the molecule is c1cnc2c(c1)CCC2NCC1CCN(C2CC2)C1. The smallest absolute Gasteiger partial charge is 0.0605 e. The van der Waals surface area contributed by atoms with E-state index < -0.39 is 0 Å².